The number of nitrogens with one attached hydrogen (secondary N) is 1. The lowest BCUT2D eigenvalue weighted by atomic mass is 10.1. The van der Waals surface area contributed by atoms with E-state index in [0.29, 0.717) is 0 Å². The van der Waals surface area contributed by atoms with Gasteiger partial charge in [-0.25, -0.2) is 8.42 Å². The first kappa shape index (κ1) is 23.0. The maximum absolute atomic E-state index is 12.3. The number of hydrogen-bond acceptors (Lipinski definition) is 6. The highest BCUT2D eigenvalue weighted by molar-refractivity contribution is 7.90. The average Bonchev–Trinajstić information content (AvgIpc) is 3.07. The number of nitrogens with zero attached hydrogens (tertiary/aromatic N) is 2. The van der Waals surface area contributed by atoms with Crippen LogP contribution in [0.15, 0.2) is 65.6 Å². The molecule has 168 valence electrons. The van der Waals surface area contributed by atoms with Crippen molar-refractivity contribution in [3.05, 3.63) is 82.0 Å². The molecule has 0 fully saturated rings. The van der Waals surface area contributed by atoms with Crippen LogP contribution >= 0.6 is 0 Å². The van der Waals surface area contributed by atoms with Gasteiger partial charge >= 0.3 is 0 Å². The molecule has 10 heteroatoms. The Bertz CT molecular complexity index is 1220. The van der Waals surface area contributed by atoms with E-state index in [-0.39, 0.29) is 30.4 Å². The molecule has 0 aliphatic rings. The van der Waals surface area contributed by atoms with Crippen LogP contribution in [0, 0.1) is 17.0 Å². The third-order valence-electron chi connectivity index (χ3n) is 4.92. The number of carbonyl (C=O) groups excluding carboxylic acids is 1. The Morgan fingerprint density at radius 1 is 1.12 bits per heavy atom. The third kappa shape index (κ3) is 5.52. The Morgan fingerprint density at radius 3 is 2.38 bits per heavy atom. The number of aromatic nitrogens is 1. The molecular formula is C22H23N3O6S. The summed E-state index contributed by atoms with van der Waals surface area (Å²) in [6.07, 6.45) is 1.24. The lowest BCUT2D eigenvalue weighted by molar-refractivity contribution is -0.757. The summed E-state index contributed by atoms with van der Waals surface area (Å²) in [5, 5.41) is 11.9. The highest BCUT2D eigenvalue weighted by atomic mass is 32.2. The van der Waals surface area contributed by atoms with Gasteiger partial charge in [0.25, 0.3) is 5.09 Å². The van der Waals surface area contributed by atoms with Gasteiger partial charge < -0.3 is 14.7 Å². The predicted molar refractivity (Wildman–Crippen MR) is 119 cm³/mol. The van der Waals surface area contributed by atoms with Crippen LogP contribution in [-0.4, -0.2) is 43.4 Å². The first-order chi connectivity index (χ1) is 15.2. The van der Waals surface area contributed by atoms with Crippen molar-refractivity contribution in [3.63, 3.8) is 0 Å². The minimum Gasteiger partial charge on any atom is -0.354 e. The molecule has 0 radical (unpaired) electrons. The van der Waals surface area contributed by atoms with Crippen molar-refractivity contribution >= 4 is 15.7 Å². The van der Waals surface area contributed by atoms with Crippen molar-refractivity contribution in [3.8, 4) is 16.9 Å². The van der Waals surface area contributed by atoms with Gasteiger partial charge in [-0.2, -0.15) is 0 Å². The number of hydrogen-bond donors (Lipinski definition) is 1. The van der Waals surface area contributed by atoms with Crippen molar-refractivity contribution < 1.29 is 23.1 Å². The molecule has 2 aromatic carbocycles. The third-order valence-corrected chi connectivity index (χ3v) is 6.05. The minimum absolute atomic E-state index is 0.0259. The second kappa shape index (κ2) is 9.65. The second-order valence-corrected chi connectivity index (χ2v) is 9.21. The number of rotatable bonds is 9. The summed E-state index contributed by atoms with van der Waals surface area (Å²) in [5.41, 5.74) is 4.15. The molecule has 0 bridgehead atoms. The SMILES string of the molecule is Cc1c(CC(=O)NCCO[N+](=O)[O-])cc(-c2ccc(S(C)(=O)=O)cc2)n1-c1ccccc1. The number of benzene rings is 2. The number of para-hydroxylation sites is 1. The molecule has 1 aromatic heterocycles. The summed E-state index contributed by atoms with van der Waals surface area (Å²) in [6, 6.07) is 18.1. The minimum atomic E-state index is -3.31. The van der Waals surface area contributed by atoms with Crippen LogP contribution in [0.4, 0.5) is 0 Å². The van der Waals surface area contributed by atoms with Crippen LogP contribution in [0.1, 0.15) is 11.3 Å². The molecule has 0 atom stereocenters. The summed E-state index contributed by atoms with van der Waals surface area (Å²) in [7, 11) is -3.31. The molecule has 32 heavy (non-hydrogen) atoms. The molecule has 1 amide bonds. The smallest absolute Gasteiger partial charge is 0.294 e. The van der Waals surface area contributed by atoms with Gasteiger partial charge in [-0.1, -0.05) is 30.3 Å². The molecule has 1 N–H and O–H groups in total. The van der Waals surface area contributed by atoms with Gasteiger partial charge in [-0.15, -0.1) is 10.1 Å². The van der Waals surface area contributed by atoms with Crippen molar-refractivity contribution in [1.82, 2.24) is 9.88 Å². The van der Waals surface area contributed by atoms with E-state index in [4.69, 9.17) is 0 Å². The topological polar surface area (TPSA) is 121 Å². The van der Waals surface area contributed by atoms with Crippen LogP contribution < -0.4 is 5.32 Å². The Labute approximate surface area is 185 Å². The molecule has 3 aromatic rings. The van der Waals surface area contributed by atoms with Crippen molar-refractivity contribution in [2.24, 2.45) is 0 Å². The molecule has 3 rings (SSSR count). The first-order valence-electron chi connectivity index (χ1n) is 9.78. The Hall–Kier alpha value is -3.66. The predicted octanol–water partition coefficient (Wildman–Crippen LogP) is 2.72. The molecule has 9 nitrogen and oxygen atoms in total. The number of amides is 1. The van der Waals surface area contributed by atoms with Crippen LogP contribution in [0.25, 0.3) is 16.9 Å². The molecule has 0 unspecified atom stereocenters. The van der Waals surface area contributed by atoms with E-state index in [9.17, 15) is 23.3 Å². The number of carbonyl (C=O) groups is 1. The standard InChI is InChI=1S/C22H23N3O6S/c1-16-18(15-22(26)23-12-13-31-25(27)28)14-21(24(16)19-6-4-3-5-7-19)17-8-10-20(11-9-17)32(2,29)30/h3-11,14H,12-13,15H2,1-2H3,(H,23,26). The maximum Gasteiger partial charge on any atom is 0.294 e. The first-order valence-corrected chi connectivity index (χ1v) is 11.7. The average molecular weight is 458 g/mol. The summed E-state index contributed by atoms with van der Waals surface area (Å²) in [6.45, 7) is 1.71. The van der Waals surface area contributed by atoms with E-state index in [1.165, 1.54) is 0 Å². The highest BCUT2D eigenvalue weighted by Crippen LogP contribution is 2.30. The maximum atomic E-state index is 12.3. The fourth-order valence-corrected chi connectivity index (χ4v) is 4.01. The molecular weight excluding hydrogens is 434 g/mol. The van der Waals surface area contributed by atoms with Gasteiger partial charge in [0.15, 0.2) is 9.84 Å². The molecule has 0 spiro atoms. The Kier molecular flexibility index (Phi) is 6.94. The molecule has 0 saturated carbocycles. The van der Waals surface area contributed by atoms with E-state index < -0.39 is 14.9 Å². The normalized spacial score (nSPS) is 11.2. The zero-order valence-electron chi connectivity index (χ0n) is 17.6. The molecule has 0 aliphatic carbocycles. The quantitative estimate of drug-likeness (QED) is 0.300. The van der Waals surface area contributed by atoms with Crippen molar-refractivity contribution in [2.75, 3.05) is 19.4 Å². The van der Waals surface area contributed by atoms with Gasteiger partial charge in [-0.3, -0.25) is 4.79 Å². The van der Waals surface area contributed by atoms with E-state index in [1.54, 1.807) is 24.3 Å². The van der Waals surface area contributed by atoms with Gasteiger partial charge in [0.2, 0.25) is 5.91 Å². The van der Waals surface area contributed by atoms with Gasteiger partial charge in [-0.05, 0) is 48.4 Å². The summed E-state index contributed by atoms with van der Waals surface area (Å²) < 4.78 is 25.6. The van der Waals surface area contributed by atoms with E-state index in [1.807, 2.05) is 47.9 Å². The number of sulfone groups is 1. The van der Waals surface area contributed by atoms with Gasteiger partial charge in [0.05, 0.1) is 17.0 Å². The monoisotopic (exact) mass is 457 g/mol. The summed E-state index contributed by atoms with van der Waals surface area (Å²) >= 11 is 0. The van der Waals surface area contributed by atoms with Crippen LogP contribution in [0.5, 0.6) is 0 Å². The fraction of sp³-hybridized carbons (Fsp3) is 0.227. The summed E-state index contributed by atoms with van der Waals surface area (Å²) in [5.74, 6) is -0.288. The lowest BCUT2D eigenvalue weighted by Crippen LogP contribution is -2.29. The molecule has 0 aliphatic heterocycles. The van der Waals surface area contributed by atoms with Crippen molar-refractivity contribution in [2.45, 2.75) is 18.2 Å². The van der Waals surface area contributed by atoms with E-state index in [2.05, 4.69) is 10.2 Å². The molecule has 0 saturated heterocycles. The Morgan fingerprint density at radius 2 is 1.78 bits per heavy atom. The molecule has 1 heterocycles. The zero-order chi connectivity index (χ0) is 23.3. The van der Waals surface area contributed by atoms with E-state index in [0.717, 1.165) is 34.5 Å². The Balaban J connectivity index is 1.93. The largest absolute Gasteiger partial charge is 0.354 e. The summed E-state index contributed by atoms with van der Waals surface area (Å²) in [4.78, 5) is 27.0. The second-order valence-electron chi connectivity index (χ2n) is 7.19. The van der Waals surface area contributed by atoms with E-state index >= 15 is 0 Å². The highest BCUT2D eigenvalue weighted by Gasteiger charge is 2.17. The van der Waals surface area contributed by atoms with Gasteiger partial charge in [0, 0.05) is 24.2 Å². The lowest BCUT2D eigenvalue weighted by Gasteiger charge is -2.13. The van der Waals surface area contributed by atoms with Crippen molar-refractivity contribution in [1.29, 1.82) is 0 Å². The fourth-order valence-electron chi connectivity index (χ4n) is 3.38. The van der Waals surface area contributed by atoms with Crippen LogP contribution in [0.3, 0.4) is 0 Å². The van der Waals surface area contributed by atoms with Crippen LogP contribution in [0.2, 0.25) is 0 Å². The van der Waals surface area contributed by atoms with Crippen LogP contribution in [-0.2, 0) is 25.9 Å². The zero-order valence-corrected chi connectivity index (χ0v) is 18.5. The van der Waals surface area contributed by atoms with Gasteiger partial charge in [0.1, 0.15) is 6.61 Å².